The van der Waals surface area contributed by atoms with E-state index in [1.165, 1.54) is 25.7 Å². The highest BCUT2D eigenvalue weighted by Crippen LogP contribution is 2.01. The van der Waals surface area contributed by atoms with Crippen LogP contribution in [0.15, 0.2) is 17.9 Å². The van der Waals surface area contributed by atoms with E-state index in [4.69, 9.17) is 5.11 Å². The Kier molecular flexibility index (Phi) is 9.03. The molecular weight excluding hydrogens is 136 g/mol. The first kappa shape index (κ1) is 10.5. The summed E-state index contributed by atoms with van der Waals surface area (Å²) in [7, 11) is 0. The summed E-state index contributed by atoms with van der Waals surface area (Å²) in [4.78, 5) is 0. The van der Waals surface area contributed by atoms with Crippen molar-refractivity contribution in [2.75, 3.05) is 6.61 Å². The SMILES string of the molecule is CCCCCCC=C=CCO. The van der Waals surface area contributed by atoms with E-state index in [1.54, 1.807) is 6.08 Å². The third kappa shape index (κ3) is 9.48. The second-order valence-corrected chi connectivity index (χ2v) is 2.61. The molecule has 0 aliphatic carbocycles. The highest BCUT2D eigenvalue weighted by Gasteiger charge is 1.82. The van der Waals surface area contributed by atoms with E-state index in [2.05, 4.69) is 12.7 Å². The summed E-state index contributed by atoms with van der Waals surface area (Å²) in [5.74, 6) is 0. The predicted octanol–water partition coefficient (Wildman–Crippen LogP) is 2.66. The zero-order chi connectivity index (χ0) is 8.36. The van der Waals surface area contributed by atoms with E-state index in [0.717, 1.165) is 6.42 Å². The standard InChI is InChI=1S/C10H18O/c1-2-3-4-5-6-7-8-9-10-11/h7,9,11H,2-6,10H2,1H3. The smallest absolute Gasteiger partial charge is 0.0686 e. The van der Waals surface area contributed by atoms with Gasteiger partial charge in [0.15, 0.2) is 0 Å². The summed E-state index contributed by atoms with van der Waals surface area (Å²) < 4.78 is 0. The molecule has 11 heavy (non-hydrogen) atoms. The molecule has 0 unspecified atom stereocenters. The molecular formula is C10H18O. The summed E-state index contributed by atoms with van der Waals surface area (Å²) in [6, 6.07) is 0. The Morgan fingerprint density at radius 1 is 1.18 bits per heavy atom. The number of hydrogen-bond donors (Lipinski definition) is 1. The topological polar surface area (TPSA) is 20.2 Å². The van der Waals surface area contributed by atoms with Crippen molar-refractivity contribution < 1.29 is 5.11 Å². The van der Waals surface area contributed by atoms with Crippen molar-refractivity contribution in [3.05, 3.63) is 17.9 Å². The minimum absolute atomic E-state index is 0.103. The van der Waals surface area contributed by atoms with Crippen molar-refractivity contribution in [2.45, 2.75) is 39.0 Å². The zero-order valence-corrected chi connectivity index (χ0v) is 7.34. The van der Waals surface area contributed by atoms with E-state index >= 15 is 0 Å². The van der Waals surface area contributed by atoms with Gasteiger partial charge in [0.25, 0.3) is 0 Å². The lowest BCUT2D eigenvalue weighted by atomic mass is 10.1. The van der Waals surface area contributed by atoms with Crippen molar-refractivity contribution in [3.8, 4) is 0 Å². The van der Waals surface area contributed by atoms with Gasteiger partial charge in [0.05, 0.1) is 6.61 Å². The lowest BCUT2D eigenvalue weighted by molar-refractivity contribution is 0.343. The molecule has 0 aromatic carbocycles. The number of aliphatic hydroxyl groups is 1. The average molecular weight is 154 g/mol. The third-order valence-electron chi connectivity index (χ3n) is 1.53. The summed E-state index contributed by atoms with van der Waals surface area (Å²) in [5.41, 5.74) is 2.91. The predicted molar refractivity (Wildman–Crippen MR) is 48.5 cm³/mol. The maximum atomic E-state index is 8.37. The fourth-order valence-corrected chi connectivity index (χ4v) is 0.893. The molecule has 0 amide bonds. The van der Waals surface area contributed by atoms with Gasteiger partial charge in [-0.3, -0.25) is 0 Å². The highest BCUT2D eigenvalue weighted by molar-refractivity contribution is 4.83. The average Bonchev–Trinajstić information content (AvgIpc) is 2.03. The second-order valence-electron chi connectivity index (χ2n) is 2.61. The molecule has 1 heteroatoms. The molecule has 0 aromatic heterocycles. The summed E-state index contributed by atoms with van der Waals surface area (Å²) >= 11 is 0. The first-order valence-corrected chi connectivity index (χ1v) is 4.42. The highest BCUT2D eigenvalue weighted by atomic mass is 16.2. The molecule has 0 aliphatic rings. The summed E-state index contributed by atoms with van der Waals surface area (Å²) in [5, 5.41) is 8.37. The fraction of sp³-hybridized carbons (Fsp3) is 0.700. The molecule has 1 nitrogen and oxygen atoms in total. The van der Waals surface area contributed by atoms with Crippen LogP contribution in [0.4, 0.5) is 0 Å². The van der Waals surface area contributed by atoms with Crippen LogP contribution in [0.5, 0.6) is 0 Å². The van der Waals surface area contributed by atoms with Crippen molar-refractivity contribution >= 4 is 0 Å². The molecule has 0 radical (unpaired) electrons. The Morgan fingerprint density at radius 2 is 2.00 bits per heavy atom. The normalized spacial score (nSPS) is 8.91. The Bertz CT molecular complexity index is 121. The monoisotopic (exact) mass is 154 g/mol. The first-order valence-electron chi connectivity index (χ1n) is 4.42. The molecule has 64 valence electrons. The summed E-state index contributed by atoms with van der Waals surface area (Å²) in [6.45, 7) is 2.31. The van der Waals surface area contributed by atoms with Gasteiger partial charge in [-0.1, -0.05) is 26.2 Å². The number of rotatable bonds is 6. The minimum Gasteiger partial charge on any atom is -0.392 e. The van der Waals surface area contributed by atoms with Gasteiger partial charge in [-0.05, 0) is 25.0 Å². The van der Waals surface area contributed by atoms with Gasteiger partial charge in [0, 0.05) is 0 Å². The van der Waals surface area contributed by atoms with Gasteiger partial charge in [0.2, 0.25) is 0 Å². The van der Waals surface area contributed by atoms with Gasteiger partial charge < -0.3 is 5.11 Å². The van der Waals surface area contributed by atoms with Crippen LogP contribution in [0.3, 0.4) is 0 Å². The van der Waals surface area contributed by atoms with Crippen LogP contribution in [-0.2, 0) is 0 Å². The molecule has 1 N–H and O–H groups in total. The number of hydrogen-bond acceptors (Lipinski definition) is 1. The van der Waals surface area contributed by atoms with Crippen LogP contribution in [-0.4, -0.2) is 11.7 Å². The largest absolute Gasteiger partial charge is 0.392 e. The minimum atomic E-state index is 0.103. The molecule has 0 spiro atoms. The lowest BCUT2D eigenvalue weighted by Gasteiger charge is -1.91. The van der Waals surface area contributed by atoms with Gasteiger partial charge in [0.1, 0.15) is 0 Å². The maximum Gasteiger partial charge on any atom is 0.0686 e. The molecule has 0 atom stereocenters. The van der Waals surface area contributed by atoms with E-state index < -0.39 is 0 Å². The summed E-state index contributed by atoms with van der Waals surface area (Å²) in [6.07, 6.45) is 9.91. The van der Waals surface area contributed by atoms with Crippen LogP contribution >= 0.6 is 0 Å². The van der Waals surface area contributed by atoms with Crippen LogP contribution in [0.1, 0.15) is 39.0 Å². The van der Waals surface area contributed by atoms with Gasteiger partial charge in [-0.2, -0.15) is 0 Å². The first-order chi connectivity index (χ1) is 5.41. The van der Waals surface area contributed by atoms with Crippen LogP contribution in [0.2, 0.25) is 0 Å². The molecule has 0 aromatic rings. The third-order valence-corrected chi connectivity index (χ3v) is 1.53. The lowest BCUT2D eigenvalue weighted by Crippen LogP contribution is -1.73. The van der Waals surface area contributed by atoms with E-state index in [9.17, 15) is 0 Å². The van der Waals surface area contributed by atoms with E-state index in [1.807, 2.05) is 6.08 Å². The van der Waals surface area contributed by atoms with Crippen LogP contribution in [0, 0.1) is 0 Å². The van der Waals surface area contributed by atoms with E-state index in [-0.39, 0.29) is 6.61 Å². The zero-order valence-electron chi connectivity index (χ0n) is 7.34. The molecule has 0 bridgehead atoms. The van der Waals surface area contributed by atoms with Crippen molar-refractivity contribution in [2.24, 2.45) is 0 Å². The Hall–Kier alpha value is -0.520. The Labute approximate surface area is 69.4 Å². The van der Waals surface area contributed by atoms with E-state index in [0.29, 0.717) is 0 Å². The van der Waals surface area contributed by atoms with Crippen molar-refractivity contribution in [1.82, 2.24) is 0 Å². The van der Waals surface area contributed by atoms with Crippen LogP contribution in [0.25, 0.3) is 0 Å². The van der Waals surface area contributed by atoms with Crippen molar-refractivity contribution in [1.29, 1.82) is 0 Å². The molecule has 0 saturated heterocycles. The van der Waals surface area contributed by atoms with Crippen molar-refractivity contribution in [3.63, 3.8) is 0 Å². The quantitative estimate of drug-likeness (QED) is 0.460. The molecule has 0 fully saturated rings. The Balaban J connectivity index is 3.07. The molecule has 0 rings (SSSR count). The number of unbranched alkanes of at least 4 members (excludes halogenated alkanes) is 4. The molecule has 0 aliphatic heterocycles. The van der Waals surface area contributed by atoms with Gasteiger partial charge in [-0.25, -0.2) is 0 Å². The number of aliphatic hydroxyl groups excluding tert-OH is 1. The molecule has 0 saturated carbocycles. The van der Waals surface area contributed by atoms with Gasteiger partial charge in [-0.15, -0.1) is 5.73 Å². The van der Waals surface area contributed by atoms with Crippen LogP contribution < -0.4 is 0 Å². The Morgan fingerprint density at radius 3 is 2.64 bits per heavy atom. The molecule has 0 heterocycles. The van der Waals surface area contributed by atoms with Gasteiger partial charge >= 0.3 is 0 Å². The maximum absolute atomic E-state index is 8.37. The second kappa shape index (κ2) is 9.48. The fourth-order valence-electron chi connectivity index (χ4n) is 0.893.